The summed E-state index contributed by atoms with van der Waals surface area (Å²) in [5.41, 5.74) is 0. The molecule has 1 fully saturated rings. The van der Waals surface area contributed by atoms with Gasteiger partial charge in [-0.1, -0.05) is 6.92 Å². The predicted molar refractivity (Wildman–Crippen MR) is 57.8 cm³/mol. The SMILES string of the molecule is CC(CC(=O)O)CC(=O)NCC1CC(O)C1. The van der Waals surface area contributed by atoms with Gasteiger partial charge >= 0.3 is 5.97 Å². The lowest BCUT2D eigenvalue weighted by Gasteiger charge is -2.31. The number of carbonyl (C=O) groups excluding carboxylic acids is 1. The van der Waals surface area contributed by atoms with Gasteiger partial charge in [0.1, 0.15) is 0 Å². The summed E-state index contributed by atoms with van der Waals surface area (Å²) in [7, 11) is 0. The topological polar surface area (TPSA) is 86.6 Å². The van der Waals surface area contributed by atoms with Gasteiger partial charge in [-0.15, -0.1) is 0 Å². The Hall–Kier alpha value is -1.10. The molecule has 0 heterocycles. The number of hydrogen-bond acceptors (Lipinski definition) is 3. The van der Waals surface area contributed by atoms with Gasteiger partial charge < -0.3 is 15.5 Å². The molecule has 3 N–H and O–H groups in total. The van der Waals surface area contributed by atoms with Crippen LogP contribution < -0.4 is 5.32 Å². The third-order valence-electron chi connectivity index (χ3n) is 2.86. The van der Waals surface area contributed by atoms with Crippen LogP contribution in [0.25, 0.3) is 0 Å². The lowest BCUT2D eigenvalue weighted by molar-refractivity contribution is -0.138. The van der Waals surface area contributed by atoms with E-state index in [4.69, 9.17) is 10.2 Å². The molecule has 5 heteroatoms. The maximum Gasteiger partial charge on any atom is 0.303 e. The largest absolute Gasteiger partial charge is 0.481 e. The van der Waals surface area contributed by atoms with Crippen LogP contribution in [0.1, 0.15) is 32.6 Å². The molecule has 1 saturated carbocycles. The molecule has 5 nitrogen and oxygen atoms in total. The normalized spacial score (nSPS) is 25.6. The van der Waals surface area contributed by atoms with Crippen LogP contribution in [0.2, 0.25) is 0 Å². The molecular weight excluding hydrogens is 210 g/mol. The Balaban J connectivity index is 2.08. The molecule has 1 amide bonds. The molecule has 1 aliphatic rings. The summed E-state index contributed by atoms with van der Waals surface area (Å²) in [5.74, 6) is -0.726. The van der Waals surface area contributed by atoms with E-state index in [2.05, 4.69) is 5.32 Å². The number of aliphatic carboxylic acids is 1. The van der Waals surface area contributed by atoms with Gasteiger partial charge in [-0.3, -0.25) is 9.59 Å². The molecule has 1 rings (SSSR count). The number of nitrogens with one attached hydrogen (secondary N) is 1. The molecule has 0 saturated heterocycles. The molecule has 0 spiro atoms. The second kappa shape index (κ2) is 5.84. The van der Waals surface area contributed by atoms with Gasteiger partial charge in [0.05, 0.1) is 6.10 Å². The minimum absolute atomic E-state index is 0.0234. The smallest absolute Gasteiger partial charge is 0.303 e. The predicted octanol–water partition coefficient (Wildman–Crippen LogP) is 0.374. The molecule has 0 bridgehead atoms. The van der Waals surface area contributed by atoms with E-state index in [1.54, 1.807) is 6.92 Å². The van der Waals surface area contributed by atoms with E-state index in [0.717, 1.165) is 12.8 Å². The number of aliphatic hydroxyl groups excluding tert-OH is 1. The Labute approximate surface area is 94.8 Å². The maximum absolute atomic E-state index is 11.4. The highest BCUT2D eigenvalue weighted by Crippen LogP contribution is 2.26. The van der Waals surface area contributed by atoms with Crippen molar-refractivity contribution in [2.24, 2.45) is 11.8 Å². The van der Waals surface area contributed by atoms with Gasteiger partial charge in [-0.25, -0.2) is 0 Å². The fourth-order valence-electron chi connectivity index (χ4n) is 1.88. The molecule has 1 unspecified atom stereocenters. The lowest BCUT2D eigenvalue weighted by Crippen LogP contribution is -2.38. The molecule has 0 aromatic heterocycles. The van der Waals surface area contributed by atoms with Crippen molar-refractivity contribution in [3.8, 4) is 0 Å². The molecule has 0 aromatic rings. The third-order valence-corrected chi connectivity index (χ3v) is 2.86. The maximum atomic E-state index is 11.4. The summed E-state index contributed by atoms with van der Waals surface area (Å²) in [6.07, 6.45) is 1.58. The summed E-state index contributed by atoms with van der Waals surface area (Å²) in [4.78, 5) is 21.8. The number of hydrogen-bond donors (Lipinski definition) is 3. The monoisotopic (exact) mass is 229 g/mol. The van der Waals surface area contributed by atoms with Crippen molar-refractivity contribution < 1.29 is 19.8 Å². The summed E-state index contributed by atoms with van der Waals surface area (Å²) < 4.78 is 0. The van der Waals surface area contributed by atoms with Gasteiger partial charge in [-0.2, -0.15) is 0 Å². The molecule has 92 valence electrons. The van der Waals surface area contributed by atoms with E-state index in [0.29, 0.717) is 12.5 Å². The number of aliphatic hydroxyl groups is 1. The van der Waals surface area contributed by atoms with E-state index >= 15 is 0 Å². The van der Waals surface area contributed by atoms with E-state index in [1.165, 1.54) is 0 Å². The zero-order chi connectivity index (χ0) is 12.1. The lowest BCUT2D eigenvalue weighted by atomic mass is 9.82. The Morgan fingerprint density at radius 2 is 2.00 bits per heavy atom. The second-order valence-corrected chi connectivity index (χ2v) is 4.70. The fourth-order valence-corrected chi connectivity index (χ4v) is 1.88. The minimum Gasteiger partial charge on any atom is -0.481 e. The van der Waals surface area contributed by atoms with E-state index in [-0.39, 0.29) is 30.8 Å². The highest BCUT2D eigenvalue weighted by atomic mass is 16.4. The van der Waals surface area contributed by atoms with Crippen LogP contribution >= 0.6 is 0 Å². The van der Waals surface area contributed by atoms with Gasteiger partial charge in [0.15, 0.2) is 0 Å². The highest BCUT2D eigenvalue weighted by molar-refractivity contribution is 5.77. The Morgan fingerprint density at radius 1 is 1.38 bits per heavy atom. The van der Waals surface area contributed by atoms with Crippen molar-refractivity contribution in [2.75, 3.05) is 6.54 Å². The van der Waals surface area contributed by atoms with Crippen LogP contribution in [0, 0.1) is 11.8 Å². The van der Waals surface area contributed by atoms with Gasteiger partial charge in [0.25, 0.3) is 0 Å². The summed E-state index contributed by atoms with van der Waals surface area (Å²) in [6.45, 7) is 2.34. The number of rotatable bonds is 6. The first-order valence-electron chi connectivity index (χ1n) is 5.64. The van der Waals surface area contributed by atoms with Crippen LogP contribution in [0.5, 0.6) is 0 Å². The molecule has 0 radical (unpaired) electrons. The van der Waals surface area contributed by atoms with Crippen LogP contribution in [-0.4, -0.2) is 34.7 Å². The fraction of sp³-hybridized carbons (Fsp3) is 0.818. The summed E-state index contributed by atoms with van der Waals surface area (Å²) >= 11 is 0. The Bertz CT molecular complexity index is 261. The van der Waals surface area contributed by atoms with E-state index < -0.39 is 5.97 Å². The molecule has 0 aliphatic heterocycles. The van der Waals surface area contributed by atoms with Crippen molar-refractivity contribution in [1.82, 2.24) is 5.32 Å². The zero-order valence-corrected chi connectivity index (χ0v) is 9.48. The van der Waals surface area contributed by atoms with Crippen molar-refractivity contribution in [3.05, 3.63) is 0 Å². The zero-order valence-electron chi connectivity index (χ0n) is 9.48. The van der Waals surface area contributed by atoms with Crippen molar-refractivity contribution in [2.45, 2.75) is 38.7 Å². The standard InChI is InChI=1S/C11H19NO4/c1-7(3-11(15)16)2-10(14)12-6-8-4-9(13)5-8/h7-9,13H,2-6H2,1H3,(H,12,14)(H,15,16). The molecule has 1 atom stereocenters. The average molecular weight is 229 g/mol. The molecule has 1 aliphatic carbocycles. The average Bonchev–Trinajstić information content (AvgIpc) is 2.08. The highest BCUT2D eigenvalue weighted by Gasteiger charge is 2.27. The van der Waals surface area contributed by atoms with Gasteiger partial charge in [0.2, 0.25) is 5.91 Å². The van der Waals surface area contributed by atoms with Gasteiger partial charge in [-0.05, 0) is 24.7 Å². The summed E-state index contributed by atoms with van der Waals surface area (Å²) in [6, 6.07) is 0. The molecule has 16 heavy (non-hydrogen) atoms. The molecule has 0 aromatic carbocycles. The minimum atomic E-state index is -0.873. The number of amides is 1. The van der Waals surface area contributed by atoms with E-state index in [9.17, 15) is 9.59 Å². The Morgan fingerprint density at radius 3 is 2.50 bits per heavy atom. The number of carboxylic acid groups (broad SMARTS) is 1. The first kappa shape index (κ1) is 13.0. The number of carbonyl (C=O) groups is 2. The van der Waals surface area contributed by atoms with Crippen molar-refractivity contribution in [1.29, 1.82) is 0 Å². The second-order valence-electron chi connectivity index (χ2n) is 4.70. The van der Waals surface area contributed by atoms with Crippen LogP contribution in [-0.2, 0) is 9.59 Å². The number of carboxylic acids is 1. The molecular formula is C11H19NO4. The van der Waals surface area contributed by atoms with Crippen LogP contribution in [0.4, 0.5) is 0 Å². The quantitative estimate of drug-likeness (QED) is 0.614. The Kier molecular flexibility index (Phi) is 4.73. The van der Waals surface area contributed by atoms with Gasteiger partial charge in [0, 0.05) is 19.4 Å². The van der Waals surface area contributed by atoms with Crippen molar-refractivity contribution in [3.63, 3.8) is 0 Å². The van der Waals surface area contributed by atoms with Crippen LogP contribution in [0.3, 0.4) is 0 Å². The summed E-state index contributed by atoms with van der Waals surface area (Å²) in [5, 5.41) is 20.3. The van der Waals surface area contributed by atoms with E-state index in [1.807, 2.05) is 0 Å². The van der Waals surface area contributed by atoms with Crippen molar-refractivity contribution >= 4 is 11.9 Å². The van der Waals surface area contributed by atoms with Crippen LogP contribution in [0.15, 0.2) is 0 Å². The third kappa shape index (κ3) is 4.61. The first-order valence-corrected chi connectivity index (χ1v) is 5.64. The first-order chi connectivity index (χ1) is 7.47.